The van der Waals surface area contributed by atoms with Gasteiger partial charge in [0.2, 0.25) is 0 Å². The molecule has 0 saturated carbocycles. The number of hydrogen-bond donors (Lipinski definition) is 1. The summed E-state index contributed by atoms with van der Waals surface area (Å²) in [7, 11) is 0. The van der Waals surface area contributed by atoms with Gasteiger partial charge in [-0.1, -0.05) is 103 Å². The predicted molar refractivity (Wildman–Crippen MR) is 229 cm³/mol. The lowest BCUT2D eigenvalue weighted by atomic mass is 9.87. The highest BCUT2D eigenvalue weighted by Gasteiger charge is 2.23. The summed E-state index contributed by atoms with van der Waals surface area (Å²) in [5.74, 6) is 1.22. The second kappa shape index (κ2) is 13.9. The van der Waals surface area contributed by atoms with E-state index in [0.29, 0.717) is 12.0 Å². The lowest BCUT2D eigenvalue weighted by molar-refractivity contribution is 0.591. The van der Waals surface area contributed by atoms with Crippen LogP contribution in [0.5, 0.6) is 0 Å². The maximum absolute atomic E-state index is 13.0. The van der Waals surface area contributed by atoms with Crippen molar-refractivity contribution in [2.45, 2.75) is 12.3 Å². The van der Waals surface area contributed by atoms with Crippen molar-refractivity contribution in [2.75, 3.05) is 0 Å². The molecule has 56 heavy (non-hydrogen) atoms. The van der Waals surface area contributed by atoms with E-state index in [0.717, 1.165) is 89.7 Å². The maximum Gasteiger partial charge on any atom is 0.135 e. The summed E-state index contributed by atoms with van der Waals surface area (Å²) in [4.78, 5) is 4.69. The van der Waals surface area contributed by atoms with Gasteiger partial charge in [0.1, 0.15) is 11.3 Å². The highest BCUT2D eigenvalue weighted by atomic mass is 19.1. The first-order valence-electron chi connectivity index (χ1n) is 18.8. The number of rotatable bonds is 7. The average molecular weight is 726 g/mol. The second-order valence-electron chi connectivity index (χ2n) is 14.3. The topological polar surface area (TPSA) is 57.0 Å². The summed E-state index contributed by atoms with van der Waals surface area (Å²) in [6.07, 6.45) is 10.5. The molecule has 9 aromatic rings. The molecule has 6 aromatic carbocycles. The van der Waals surface area contributed by atoms with Gasteiger partial charge in [-0.25, -0.2) is 4.39 Å². The highest BCUT2D eigenvalue weighted by molar-refractivity contribution is 6.12. The van der Waals surface area contributed by atoms with E-state index in [9.17, 15) is 4.39 Å². The van der Waals surface area contributed by atoms with Gasteiger partial charge in [0.25, 0.3) is 0 Å². The monoisotopic (exact) mass is 725 g/mol. The molecule has 268 valence electrons. The number of aromatic nitrogens is 2. The van der Waals surface area contributed by atoms with Crippen LogP contribution in [-0.4, -0.2) is 9.55 Å². The van der Waals surface area contributed by atoms with Gasteiger partial charge >= 0.3 is 0 Å². The molecule has 0 fully saturated rings. The van der Waals surface area contributed by atoms with E-state index in [1.807, 2.05) is 36.5 Å². The van der Waals surface area contributed by atoms with Gasteiger partial charge < -0.3 is 14.7 Å². The van der Waals surface area contributed by atoms with E-state index >= 15 is 0 Å². The van der Waals surface area contributed by atoms with Crippen LogP contribution < -0.4 is 5.73 Å². The van der Waals surface area contributed by atoms with Crippen molar-refractivity contribution >= 4 is 44.5 Å². The molecule has 3 aromatic heterocycles. The number of furan rings is 1. The van der Waals surface area contributed by atoms with Crippen LogP contribution in [0.3, 0.4) is 0 Å². The van der Waals surface area contributed by atoms with E-state index in [-0.39, 0.29) is 5.92 Å². The number of benzene rings is 6. The lowest BCUT2D eigenvalue weighted by Crippen LogP contribution is -2.04. The van der Waals surface area contributed by atoms with Crippen LogP contribution >= 0.6 is 0 Å². The number of pyridine rings is 1. The molecule has 3 heterocycles. The molecular weight excluding hydrogens is 690 g/mol. The Morgan fingerprint density at radius 3 is 2.14 bits per heavy atom. The van der Waals surface area contributed by atoms with E-state index in [1.54, 1.807) is 6.08 Å². The highest BCUT2D eigenvalue weighted by Crippen LogP contribution is 2.42. The first-order valence-corrected chi connectivity index (χ1v) is 18.8. The minimum absolute atomic E-state index is 0.284. The standard InChI is InChI=1S/C51H36FN3O/c52-27-10-17-46(53)40-15-6-4-13-38(40)35-19-23-48-42(30-35)43-31-36(39-14-5-7-16-41(39)47-18-8-9-28-54-47)20-24-49(43)55(48)37-22-26-51-45(32-37)44-29-34(21-25-50(44)56-51)33-11-2-1-3-12-33/h1-28,30-32,34H,29,53H2/b27-10-,46-17-. The summed E-state index contributed by atoms with van der Waals surface area (Å²) in [6.45, 7) is 0. The lowest BCUT2D eigenvalue weighted by Gasteiger charge is -2.17. The molecule has 1 aliphatic rings. The van der Waals surface area contributed by atoms with E-state index in [1.165, 1.54) is 17.2 Å². The Bertz CT molecular complexity index is 3020. The number of nitrogens with zero attached hydrogens (tertiary/aromatic N) is 2. The Balaban J connectivity index is 1.18. The Labute approximate surface area is 324 Å². The van der Waals surface area contributed by atoms with Gasteiger partial charge in [-0.05, 0) is 107 Å². The van der Waals surface area contributed by atoms with Gasteiger partial charge in [-0.3, -0.25) is 4.98 Å². The fraction of sp³-hybridized carbons (Fsp3) is 0.0392. The SMILES string of the molecule is N/C(=C\C=C/F)c1ccccc1-c1ccc2c(c1)c1cc(-c3ccccc3-c3ccccn3)ccc1n2-c1ccc2oc3c(c2c1)CC(c1ccccc1)C=C3. The largest absolute Gasteiger partial charge is 0.456 e. The van der Waals surface area contributed by atoms with Gasteiger partial charge in [-0.2, -0.15) is 0 Å². The second-order valence-corrected chi connectivity index (χ2v) is 14.3. The Kier molecular flexibility index (Phi) is 8.26. The molecule has 1 atom stereocenters. The van der Waals surface area contributed by atoms with Gasteiger partial charge in [0, 0.05) is 56.3 Å². The molecule has 0 aliphatic heterocycles. The van der Waals surface area contributed by atoms with Crippen molar-refractivity contribution in [2.24, 2.45) is 5.73 Å². The zero-order valence-electron chi connectivity index (χ0n) is 30.4. The number of fused-ring (bicyclic) bond motifs is 6. The number of allylic oxidation sites excluding steroid dienone is 3. The zero-order chi connectivity index (χ0) is 37.6. The normalized spacial score (nSPS) is 14.3. The van der Waals surface area contributed by atoms with Crippen LogP contribution in [0.25, 0.3) is 83.7 Å². The molecular formula is C51H36FN3O. The van der Waals surface area contributed by atoms with Crippen LogP contribution in [0.15, 0.2) is 187 Å². The van der Waals surface area contributed by atoms with Gasteiger partial charge in [0.05, 0.1) is 23.1 Å². The maximum atomic E-state index is 13.0. The van der Waals surface area contributed by atoms with E-state index in [4.69, 9.17) is 15.1 Å². The Morgan fingerprint density at radius 2 is 1.39 bits per heavy atom. The molecule has 0 spiro atoms. The summed E-state index contributed by atoms with van der Waals surface area (Å²) in [5.41, 5.74) is 20.7. The summed E-state index contributed by atoms with van der Waals surface area (Å²) in [6, 6.07) is 53.1. The molecule has 0 radical (unpaired) electrons. The van der Waals surface area contributed by atoms with Crippen molar-refractivity contribution in [3.8, 4) is 39.2 Å². The molecule has 1 aliphatic carbocycles. The van der Waals surface area contributed by atoms with Crippen molar-refractivity contribution < 1.29 is 8.81 Å². The summed E-state index contributed by atoms with van der Waals surface area (Å²) in [5, 5.41) is 3.36. The quantitative estimate of drug-likeness (QED) is 0.166. The fourth-order valence-electron chi connectivity index (χ4n) is 8.39. The van der Waals surface area contributed by atoms with E-state index in [2.05, 4.69) is 138 Å². The Morgan fingerprint density at radius 1 is 0.696 bits per heavy atom. The third-order valence-electron chi connectivity index (χ3n) is 11.0. The Hall–Kier alpha value is -7.24. The van der Waals surface area contributed by atoms with Crippen molar-refractivity contribution in [3.05, 3.63) is 205 Å². The molecule has 1 unspecified atom stereocenters. The molecule has 0 saturated heterocycles. The first kappa shape index (κ1) is 33.3. The third kappa shape index (κ3) is 5.73. The predicted octanol–water partition coefficient (Wildman–Crippen LogP) is 13.1. The minimum Gasteiger partial charge on any atom is -0.456 e. The third-order valence-corrected chi connectivity index (χ3v) is 11.0. The van der Waals surface area contributed by atoms with Crippen LogP contribution in [0.1, 0.15) is 28.4 Å². The summed E-state index contributed by atoms with van der Waals surface area (Å²) < 4.78 is 21.8. The van der Waals surface area contributed by atoms with Crippen LogP contribution in [-0.2, 0) is 6.42 Å². The van der Waals surface area contributed by atoms with Gasteiger partial charge in [-0.15, -0.1) is 0 Å². The van der Waals surface area contributed by atoms with Crippen LogP contribution in [0.2, 0.25) is 0 Å². The molecule has 2 N–H and O–H groups in total. The van der Waals surface area contributed by atoms with Crippen LogP contribution in [0.4, 0.5) is 4.39 Å². The van der Waals surface area contributed by atoms with Crippen molar-refractivity contribution in [3.63, 3.8) is 0 Å². The van der Waals surface area contributed by atoms with Gasteiger partial charge in [0.15, 0.2) is 0 Å². The fourth-order valence-corrected chi connectivity index (χ4v) is 8.39. The molecule has 5 heteroatoms. The number of nitrogens with two attached hydrogens (primary N) is 1. The summed E-state index contributed by atoms with van der Waals surface area (Å²) >= 11 is 0. The zero-order valence-corrected chi connectivity index (χ0v) is 30.4. The minimum atomic E-state index is 0.284. The molecule has 0 bridgehead atoms. The number of halogens is 1. The number of hydrogen-bond acceptors (Lipinski definition) is 3. The van der Waals surface area contributed by atoms with E-state index < -0.39 is 0 Å². The van der Waals surface area contributed by atoms with Crippen molar-refractivity contribution in [1.29, 1.82) is 0 Å². The average Bonchev–Trinajstić information content (AvgIpc) is 3.80. The molecule has 10 rings (SSSR count). The molecule has 0 amide bonds. The van der Waals surface area contributed by atoms with Crippen LogP contribution in [0, 0.1) is 0 Å². The molecule has 4 nitrogen and oxygen atoms in total. The first-order chi connectivity index (χ1) is 27.6. The smallest absolute Gasteiger partial charge is 0.135 e. The van der Waals surface area contributed by atoms with Crippen molar-refractivity contribution in [1.82, 2.24) is 9.55 Å².